The Hall–Kier alpha value is -1.11. The molecule has 2 amide bonds. The molecule has 1 aliphatic heterocycles. The summed E-state index contributed by atoms with van der Waals surface area (Å²) in [6.45, 7) is 2.52. The molecule has 0 unspecified atom stereocenters. The molecule has 2 rings (SSSR count). The van der Waals surface area contributed by atoms with Crippen molar-refractivity contribution >= 4 is 45.0 Å². The number of carbonyl (C=O) groups excluding carboxylic acids is 2. The summed E-state index contributed by atoms with van der Waals surface area (Å²) in [5.74, 6) is -1.15. The van der Waals surface area contributed by atoms with Crippen LogP contribution in [-0.2, 0) is 9.59 Å². The maximum atomic E-state index is 11.9. The van der Waals surface area contributed by atoms with E-state index in [0.29, 0.717) is 41.4 Å². The van der Waals surface area contributed by atoms with Crippen molar-refractivity contribution in [3.8, 4) is 0 Å². The summed E-state index contributed by atoms with van der Waals surface area (Å²) in [6, 6.07) is 4.96. The minimum Gasteiger partial charge on any atom is -0.332 e. The molecule has 5 nitrogen and oxygen atoms in total. The van der Waals surface area contributed by atoms with Crippen molar-refractivity contribution in [1.82, 2.24) is 10.2 Å². The monoisotopic (exact) mass is 345 g/mol. The highest BCUT2D eigenvalue weighted by atomic mass is 79.9. The van der Waals surface area contributed by atoms with Crippen LogP contribution in [0.2, 0.25) is 5.02 Å². The first kappa shape index (κ1) is 14.3. The summed E-state index contributed by atoms with van der Waals surface area (Å²) in [7, 11) is 0. The fraction of sp³-hybridized carbons (Fsp3) is 0.333. The Labute approximate surface area is 124 Å². The van der Waals surface area contributed by atoms with Crippen molar-refractivity contribution in [3.05, 3.63) is 27.7 Å². The van der Waals surface area contributed by atoms with E-state index in [9.17, 15) is 9.59 Å². The molecule has 19 heavy (non-hydrogen) atoms. The van der Waals surface area contributed by atoms with Gasteiger partial charge in [-0.2, -0.15) is 0 Å². The Morgan fingerprint density at radius 3 is 2.63 bits per heavy atom. The van der Waals surface area contributed by atoms with Gasteiger partial charge in [0.15, 0.2) is 0 Å². The topological polar surface area (TPSA) is 61.4 Å². The molecule has 0 radical (unpaired) electrons. The lowest BCUT2D eigenvalue weighted by molar-refractivity contribution is -0.143. The Morgan fingerprint density at radius 1 is 1.32 bits per heavy atom. The second kappa shape index (κ2) is 6.36. The van der Waals surface area contributed by atoms with Crippen LogP contribution < -0.4 is 10.6 Å². The average molecular weight is 347 g/mol. The highest BCUT2D eigenvalue weighted by Crippen LogP contribution is 2.25. The minimum atomic E-state index is -0.634. The summed E-state index contributed by atoms with van der Waals surface area (Å²) in [4.78, 5) is 25.3. The second-order valence-electron chi connectivity index (χ2n) is 4.12. The molecule has 1 heterocycles. The number of halogens is 2. The number of anilines is 1. The number of hydrogen-bond donors (Lipinski definition) is 2. The third-order valence-electron chi connectivity index (χ3n) is 2.78. The lowest BCUT2D eigenvalue weighted by atomic mass is 10.3. The van der Waals surface area contributed by atoms with E-state index in [1.165, 1.54) is 4.90 Å². The summed E-state index contributed by atoms with van der Waals surface area (Å²) >= 11 is 9.10. The lowest BCUT2D eigenvalue weighted by Crippen LogP contribution is -2.49. The third-order valence-corrected chi connectivity index (χ3v) is 3.67. The van der Waals surface area contributed by atoms with Gasteiger partial charge in [-0.3, -0.25) is 9.59 Å². The summed E-state index contributed by atoms with van der Waals surface area (Å²) in [5.41, 5.74) is 0.526. The van der Waals surface area contributed by atoms with E-state index in [1.807, 2.05) is 0 Å². The molecule has 7 heteroatoms. The van der Waals surface area contributed by atoms with Gasteiger partial charge in [-0.15, -0.1) is 0 Å². The van der Waals surface area contributed by atoms with Crippen molar-refractivity contribution in [3.63, 3.8) is 0 Å². The zero-order valence-corrected chi connectivity index (χ0v) is 12.4. The molecular weight excluding hydrogens is 334 g/mol. The number of benzene rings is 1. The smallest absolute Gasteiger partial charge is 0.313 e. The average Bonchev–Trinajstić information content (AvgIpc) is 2.42. The zero-order chi connectivity index (χ0) is 13.8. The van der Waals surface area contributed by atoms with E-state index >= 15 is 0 Å². The maximum absolute atomic E-state index is 11.9. The van der Waals surface area contributed by atoms with E-state index < -0.39 is 11.8 Å². The number of piperazine rings is 1. The van der Waals surface area contributed by atoms with Gasteiger partial charge in [0.25, 0.3) is 0 Å². The van der Waals surface area contributed by atoms with Gasteiger partial charge in [-0.25, -0.2) is 0 Å². The van der Waals surface area contributed by atoms with Crippen molar-refractivity contribution < 1.29 is 9.59 Å². The molecule has 1 aromatic carbocycles. The van der Waals surface area contributed by atoms with Gasteiger partial charge in [0.05, 0.1) is 5.69 Å². The van der Waals surface area contributed by atoms with E-state index in [0.717, 1.165) is 0 Å². The van der Waals surface area contributed by atoms with Crippen LogP contribution in [0.5, 0.6) is 0 Å². The summed E-state index contributed by atoms with van der Waals surface area (Å²) < 4.78 is 0.640. The molecule has 2 N–H and O–H groups in total. The highest BCUT2D eigenvalue weighted by molar-refractivity contribution is 9.10. The molecule has 1 aromatic rings. The molecule has 0 bridgehead atoms. The number of nitrogens with one attached hydrogen (secondary N) is 2. The second-order valence-corrected chi connectivity index (χ2v) is 5.41. The highest BCUT2D eigenvalue weighted by Gasteiger charge is 2.23. The maximum Gasteiger partial charge on any atom is 0.313 e. The van der Waals surface area contributed by atoms with Crippen LogP contribution in [0.15, 0.2) is 22.7 Å². The number of rotatable bonds is 1. The molecule has 0 aliphatic carbocycles. The molecule has 0 aromatic heterocycles. The normalized spacial score (nSPS) is 15.2. The molecule has 102 valence electrons. The predicted molar refractivity (Wildman–Crippen MR) is 77.2 cm³/mol. The van der Waals surface area contributed by atoms with Crippen LogP contribution in [0.1, 0.15) is 0 Å². The fourth-order valence-electron chi connectivity index (χ4n) is 1.78. The molecular formula is C12H13BrClN3O2. The van der Waals surface area contributed by atoms with Gasteiger partial charge in [0, 0.05) is 35.7 Å². The Kier molecular flexibility index (Phi) is 4.79. The van der Waals surface area contributed by atoms with Crippen molar-refractivity contribution in [1.29, 1.82) is 0 Å². The minimum absolute atomic E-state index is 0.511. The van der Waals surface area contributed by atoms with Crippen molar-refractivity contribution in [2.45, 2.75) is 0 Å². The van der Waals surface area contributed by atoms with Crippen molar-refractivity contribution in [2.75, 3.05) is 31.5 Å². The van der Waals surface area contributed by atoms with Crippen LogP contribution in [0.3, 0.4) is 0 Å². The van der Waals surface area contributed by atoms with Gasteiger partial charge < -0.3 is 15.5 Å². The van der Waals surface area contributed by atoms with Gasteiger partial charge in [0.1, 0.15) is 0 Å². The molecule has 1 fully saturated rings. The van der Waals surface area contributed by atoms with E-state index in [1.54, 1.807) is 18.2 Å². The number of nitrogens with zero attached hydrogens (tertiary/aromatic N) is 1. The number of amides is 2. The van der Waals surface area contributed by atoms with Crippen LogP contribution >= 0.6 is 27.5 Å². The molecule has 0 saturated carbocycles. The Morgan fingerprint density at radius 2 is 2.00 bits per heavy atom. The van der Waals surface area contributed by atoms with Gasteiger partial charge in [-0.1, -0.05) is 11.6 Å². The first-order chi connectivity index (χ1) is 9.08. The third kappa shape index (κ3) is 3.68. The quantitative estimate of drug-likeness (QED) is 0.757. The van der Waals surface area contributed by atoms with E-state index in [4.69, 9.17) is 11.6 Å². The van der Waals surface area contributed by atoms with Crippen LogP contribution in [0.25, 0.3) is 0 Å². The van der Waals surface area contributed by atoms with E-state index in [2.05, 4.69) is 26.6 Å². The van der Waals surface area contributed by atoms with Crippen LogP contribution in [0, 0.1) is 0 Å². The predicted octanol–water partition coefficient (Wildman–Crippen LogP) is 1.47. The zero-order valence-electron chi connectivity index (χ0n) is 10.1. The standard InChI is InChI=1S/C12H13BrClN3O2/c13-9-7-8(14)1-2-10(9)16-11(18)12(19)17-5-3-15-4-6-17/h1-2,7,15H,3-6H2,(H,16,18). The van der Waals surface area contributed by atoms with E-state index in [-0.39, 0.29) is 0 Å². The van der Waals surface area contributed by atoms with Gasteiger partial charge in [-0.05, 0) is 34.1 Å². The Balaban J connectivity index is 2.01. The first-order valence-corrected chi connectivity index (χ1v) is 7.01. The summed E-state index contributed by atoms with van der Waals surface area (Å²) in [5, 5.41) is 6.26. The van der Waals surface area contributed by atoms with Gasteiger partial charge in [0.2, 0.25) is 0 Å². The molecule has 0 spiro atoms. The largest absolute Gasteiger partial charge is 0.332 e. The van der Waals surface area contributed by atoms with Gasteiger partial charge >= 0.3 is 11.8 Å². The first-order valence-electron chi connectivity index (χ1n) is 5.84. The Bertz CT molecular complexity index is 504. The molecule has 0 atom stereocenters. The number of carbonyl (C=O) groups is 2. The lowest BCUT2D eigenvalue weighted by Gasteiger charge is -2.26. The van der Waals surface area contributed by atoms with Crippen LogP contribution in [-0.4, -0.2) is 42.9 Å². The van der Waals surface area contributed by atoms with Crippen LogP contribution in [0.4, 0.5) is 5.69 Å². The summed E-state index contributed by atoms with van der Waals surface area (Å²) in [6.07, 6.45) is 0. The number of hydrogen-bond acceptors (Lipinski definition) is 3. The fourth-order valence-corrected chi connectivity index (χ4v) is 2.56. The SMILES string of the molecule is O=C(Nc1ccc(Cl)cc1Br)C(=O)N1CCNCC1. The van der Waals surface area contributed by atoms with Crippen molar-refractivity contribution in [2.24, 2.45) is 0 Å². The molecule has 1 saturated heterocycles. The molecule has 1 aliphatic rings.